The molecule has 0 spiro atoms. The van der Waals surface area contributed by atoms with Gasteiger partial charge in [0.05, 0.1) is 11.4 Å². The molecular formula is C29H38N4O2. The van der Waals surface area contributed by atoms with Gasteiger partial charge >= 0.3 is 0 Å². The van der Waals surface area contributed by atoms with Crippen molar-refractivity contribution in [3.05, 3.63) is 91.1 Å². The van der Waals surface area contributed by atoms with Crippen molar-refractivity contribution in [3.8, 4) is 0 Å². The summed E-state index contributed by atoms with van der Waals surface area (Å²) in [6, 6.07) is 2.51. The van der Waals surface area contributed by atoms with Crippen molar-refractivity contribution < 1.29 is 10.2 Å². The Morgan fingerprint density at radius 3 is 2.89 bits per heavy atom. The second-order valence-corrected chi connectivity index (χ2v) is 8.99. The molecule has 0 aromatic carbocycles. The van der Waals surface area contributed by atoms with Crippen LogP contribution in [0.4, 0.5) is 0 Å². The van der Waals surface area contributed by atoms with E-state index >= 15 is 0 Å². The fraction of sp³-hybridized carbons (Fsp3) is 0.414. The van der Waals surface area contributed by atoms with Gasteiger partial charge in [-0.1, -0.05) is 43.5 Å². The molecule has 35 heavy (non-hydrogen) atoms. The van der Waals surface area contributed by atoms with Crippen molar-refractivity contribution in [3.63, 3.8) is 0 Å². The van der Waals surface area contributed by atoms with Crippen LogP contribution < -0.4 is 5.32 Å². The third-order valence-electron chi connectivity index (χ3n) is 6.41. The van der Waals surface area contributed by atoms with Gasteiger partial charge in [0.1, 0.15) is 0 Å². The fourth-order valence-electron chi connectivity index (χ4n) is 4.54. The van der Waals surface area contributed by atoms with E-state index in [0.29, 0.717) is 31.2 Å². The molecule has 0 saturated heterocycles. The molecule has 0 bridgehead atoms. The average molecular weight is 475 g/mol. The number of hydrogen-bond acceptors (Lipinski definition) is 6. The van der Waals surface area contributed by atoms with Crippen molar-refractivity contribution in [1.29, 1.82) is 0 Å². The van der Waals surface area contributed by atoms with Gasteiger partial charge in [0.25, 0.3) is 0 Å². The van der Waals surface area contributed by atoms with E-state index in [4.69, 9.17) is 20.2 Å². The minimum absolute atomic E-state index is 0.298. The average Bonchev–Trinajstić information content (AvgIpc) is 2.87. The molecule has 3 rings (SSSR count). The summed E-state index contributed by atoms with van der Waals surface area (Å²) in [5, 5.41) is 22.1. The summed E-state index contributed by atoms with van der Waals surface area (Å²) in [4.78, 5) is 13.8. The number of allylic oxidation sites excluding steroid dienone is 5. The minimum atomic E-state index is -1.28. The molecule has 1 aromatic heterocycles. The van der Waals surface area contributed by atoms with Crippen LogP contribution in [0, 0.1) is 5.92 Å². The monoisotopic (exact) mass is 474 g/mol. The summed E-state index contributed by atoms with van der Waals surface area (Å²) < 4.78 is 0. The van der Waals surface area contributed by atoms with E-state index in [2.05, 4.69) is 41.7 Å². The molecule has 2 unspecified atom stereocenters. The number of aromatic nitrogens is 1. The van der Waals surface area contributed by atoms with Gasteiger partial charge in [-0.2, -0.15) is 0 Å². The normalized spacial score (nSPS) is 24.0. The molecule has 0 radical (unpaired) electrons. The van der Waals surface area contributed by atoms with Crippen LogP contribution in [-0.4, -0.2) is 39.5 Å². The van der Waals surface area contributed by atoms with Crippen LogP contribution in [0.5, 0.6) is 0 Å². The number of hydrogen-bond donors (Lipinski definition) is 3. The second-order valence-electron chi connectivity index (χ2n) is 8.99. The fourth-order valence-corrected chi connectivity index (χ4v) is 4.54. The maximum absolute atomic E-state index is 9.16. The first kappa shape index (κ1) is 26.7. The van der Waals surface area contributed by atoms with E-state index in [1.807, 2.05) is 30.9 Å². The van der Waals surface area contributed by atoms with Crippen LogP contribution in [0.1, 0.15) is 62.1 Å². The lowest BCUT2D eigenvalue weighted by molar-refractivity contribution is -0.0464. The van der Waals surface area contributed by atoms with E-state index in [0.717, 1.165) is 49.2 Å². The number of nitrogens with one attached hydrogen (secondary N) is 1. The number of aliphatic hydroxyl groups is 2. The van der Waals surface area contributed by atoms with Crippen LogP contribution in [0.15, 0.2) is 90.0 Å². The van der Waals surface area contributed by atoms with E-state index in [-0.39, 0.29) is 0 Å². The standard InChI is InChI=1S/C29H38N4O2/c1-3-9-23(4-2)29-27(12-5-6-14-28(34)35)31-19-15-22(10-8-17-32-29)20-33-26-13-7-11-24-21-30-18-16-25(24)26/h3-4,8-9,15-19,21-22,26,28,33-35H,1-2,5-7,10-14,20H2/b17-8+,19-15+,23-9+,31-27?,32-29-. The lowest BCUT2D eigenvalue weighted by Crippen LogP contribution is -2.29. The second kappa shape index (κ2) is 14.5. The van der Waals surface area contributed by atoms with Crippen molar-refractivity contribution in [2.45, 2.75) is 63.7 Å². The Kier molecular flexibility index (Phi) is 11.0. The zero-order chi connectivity index (χ0) is 24.9. The third-order valence-corrected chi connectivity index (χ3v) is 6.41. The summed E-state index contributed by atoms with van der Waals surface area (Å²) in [6.07, 6.45) is 22.8. The summed E-state index contributed by atoms with van der Waals surface area (Å²) in [5.74, 6) is 0.298. The lowest BCUT2D eigenvalue weighted by atomic mass is 9.88. The number of rotatable bonds is 11. The Labute approximate surface area is 209 Å². The first-order chi connectivity index (χ1) is 17.1. The molecule has 1 aliphatic heterocycles. The van der Waals surface area contributed by atoms with Gasteiger partial charge in [0, 0.05) is 43.0 Å². The number of unbranched alkanes of at least 4 members (excludes halogenated alkanes) is 1. The topological polar surface area (TPSA) is 90.1 Å². The van der Waals surface area contributed by atoms with Crippen LogP contribution >= 0.6 is 0 Å². The largest absolute Gasteiger partial charge is 0.368 e. The molecule has 6 heteroatoms. The quantitative estimate of drug-likeness (QED) is 0.235. The predicted octanol–water partition coefficient (Wildman–Crippen LogP) is 5.15. The van der Waals surface area contributed by atoms with Gasteiger partial charge in [-0.15, -0.1) is 0 Å². The Bertz CT molecular complexity index is 1000. The molecular weight excluding hydrogens is 436 g/mol. The highest BCUT2D eigenvalue weighted by Gasteiger charge is 2.20. The maximum Gasteiger partial charge on any atom is 0.151 e. The summed E-state index contributed by atoms with van der Waals surface area (Å²) in [6.45, 7) is 8.59. The van der Waals surface area contributed by atoms with Crippen LogP contribution in [0.25, 0.3) is 0 Å². The number of aryl methyl sites for hydroxylation is 1. The van der Waals surface area contributed by atoms with Crippen molar-refractivity contribution in [2.75, 3.05) is 6.54 Å². The van der Waals surface area contributed by atoms with Gasteiger partial charge in [0.2, 0.25) is 0 Å². The molecule has 2 aliphatic rings. The van der Waals surface area contributed by atoms with E-state index in [1.54, 1.807) is 12.2 Å². The number of fused-ring (bicyclic) bond motifs is 1. The molecule has 6 nitrogen and oxygen atoms in total. The summed E-state index contributed by atoms with van der Waals surface area (Å²) in [7, 11) is 0. The van der Waals surface area contributed by atoms with Crippen LogP contribution in [-0.2, 0) is 6.42 Å². The number of nitrogens with zero attached hydrogens (tertiary/aromatic N) is 3. The van der Waals surface area contributed by atoms with Crippen LogP contribution in [0.2, 0.25) is 0 Å². The molecule has 3 N–H and O–H groups in total. The van der Waals surface area contributed by atoms with Crippen molar-refractivity contribution in [2.24, 2.45) is 15.9 Å². The van der Waals surface area contributed by atoms with Gasteiger partial charge in [-0.25, -0.2) is 0 Å². The molecule has 0 saturated carbocycles. The zero-order valence-electron chi connectivity index (χ0n) is 20.5. The molecule has 0 fully saturated rings. The molecule has 186 valence electrons. The highest BCUT2D eigenvalue weighted by atomic mass is 16.5. The first-order valence-corrected chi connectivity index (χ1v) is 12.6. The van der Waals surface area contributed by atoms with Gasteiger partial charge in [-0.05, 0) is 74.5 Å². The number of pyridine rings is 1. The van der Waals surface area contributed by atoms with E-state index < -0.39 is 6.29 Å². The van der Waals surface area contributed by atoms with E-state index in [9.17, 15) is 0 Å². The van der Waals surface area contributed by atoms with Gasteiger partial charge in [0.15, 0.2) is 6.29 Å². The maximum atomic E-state index is 9.16. The van der Waals surface area contributed by atoms with Crippen molar-refractivity contribution in [1.82, 2.24) is 10.3 Å². The van der Waals surface area contributed by atoms with Crippen LogP contribution in [0.3, 0.4) is 0 Å². The third kappa shape index (κ3) is 8.35. The van der Waals surface area contributed by atoms with Crippen molar-refractivity contribution >= 4 is 11.4 Å². The minimum Gasteiger partial charge on any atom is -0.368 e. The Morgan fingerprint density at radius 1 is 1.20 bits per heavy atom. The molecule has 2 atom stereocenters. The summed E-state index contributed by atoms with van der Waals surface area (Å²) >= 11 is 0. The summed E-state index contributed by atoms with van der Waals surface area (Å²) in [5.41, 5.74) is 5.22. The zero-order valence-corrected chi connectivity index (χ0v) is 20.5. The smallest absolute Gasteiger partial charge is 0.151 e. The van der Waals surface area contributed by atoms with Gasteiger partial charge < -0.3 is 15.5 Å². The highest BCUT2D eigenvalue weighted by molar-refractivity contribution is 6.49. The predicted molar refractivity (Wildman–Crippen MR) is 144 cm³/mol. The Hall–Kier alpha value is -2.93. The first-order valence-electron chi connectivity index (χ1n) is 12.6. The number of aliphatic hydroxyl groups excluding tert-OH is 1. The molecule has 0 amide bonds. The number of aliphatic imine (C=N–C) groups is 2. The SMILES string of the molecule is C=C/C=C(C=C)/C1=N/C=C/CC(CNC2CCCc3cnccc32)/C=C/N=C1CCCCC(O)O. The molecule has 1 aliphatic carbocycles. The molecule has 2 heterocycles. The molecule has 1 aromatic rings. The lowest BCUT2D eigenvalue weighted by Gasteiger charge is -2.27. The Balaban J connectivity index is 1.73. The van der Waals surface area contributed by atoms with E-state index in [1.165, 1.54) is 17.5 Å². The van der Waals surface area contributed by atoms with Gasteiger partial charge in [-0.3, -0.25) is 15.0 Å². The highest BCUT2D eigenvalue weighted by Crippen LogP contribution is 2.29. The Morgan fingerprint density at radius 2 is 2.09 bits per heavy atom.